The van der Waals surface area contributed by atoms with Gasteiger partial charge in [-0.1, -0.05) is 37.1 Å². The van der Waals surface area contributed by atoms with Crippen LogP contribution >= 0.6 is 0 Å². The zero-order chi connectivity index (χ0) is 20.7. The fraction of sp³-hybridized carbons (Fsp3) is 0.769. The molecule has 2 saturated heterocycles. The number of likely N-dealkylation sites (tertiary alicyclic amines) is 2. The van der Waals surface area contributed by atoms with E-state index in [9.17, 15) is 0 Å². The van der Waals surface area contributed by atoms with Crippen molar-refractivity contribution in [2.45, 2.75) is 77.3 Å². The predicted octanol–water partition coefficient (Wildman–Crippen LogP) is 4.40. The molecule has 0 saturated carbocycles. The number of piperidine rings is 2. The first-order chi connectivity index (χ1) is 14.9. The van der Waals surface area contributed by atoms with Gasteiger partial charge in [-0.15, -0.1) is 0 Å². The molecule has 0 aliphatic carbocycles. The largest absolute Gasteiger partial charge is 0.313 e. The second kappa shape index (κ2) is 15.0. The van der Waals surface area contributed by atoms with Crippen LogP contribution in [0.4, 0.5) is 0 Å². The van der Waals surface area contributed by atoms with Gasteiger partial charge in [-0.25, -0.2) is 0 Å². The molecule has 0 atom stereocenters. The fourth-order valence-corrected chi connectivity index (χ4v) is 4.78. The Morgan fingerprint density at radius 2 is 0.933 bits per heavy atom. The van der Waals surface area contributed by atoms with Crippen LogP contribution in [0.5, 0.6) is 0 Å². The third kappa shape index (κ3) is 9.91. The summed E-state index contributed by atoms with van der Waals surface area (Å²) in [4.78, 5) is 5.29. The monoisotopic (exact) mass is 414 g/mol. The molecule has 0 unspecified atom stereocenters. The van der Waals surface area contributed by atoms with Crippen molar-refractivity contribution in [2.75, 3.05) is 52.4 Å². The molecule has 30 heavy (non-hydrogen) atoms. The van der Waals surface area contributed by atoms with Gasteiger partial charge in [0.2, 0.25) is 0 Å². The molecule has 1 aromatic carbocycles. The molecule has 2 fully saturated rings. The molecule has 170 valence electrons. The number of nitrogens with zero attached hydrogens (tertiary/aromatic N) is 2. The van der Waals surface area contributed by atoms with Crippen LogP contribution < -0.4 is 10.6 Å². The molecule has 2 aliphatic heterocycles. The third-order valence-corrected chi connectivity index (χ3v) is 6.73. The van der Waals surface area contributed by atoms with Crippen LogP contribution in [0.15, 0.2) is 24.3 Å². The first-order valence-electron chi connectivity index (χ1n) is 12.8. The summed E-state index contributed by atoms with van der Waals surface area (Å²) in [6, 6.07) is 9.14. The number of unbranched alkanes of at least 4 members (excludes halogenated alkanes) is 2. The average molecular weight is 415 g/mol. The Balaban J connectivity index is 1.15. The molecular weight excluding hydrogens is 368 g/mol. The SMILES string of the molecule is c1cc(CNCCCCN2CCCCC2)ccc1CNCCCCN1CCCCC1. The highest BCUT2D eigenvalue weighted by molar-refractivity contribution is 5.22. The van der Waals surface area contributed by atoms with Crippen LogP contribution in [-0.4, -0.2) is 62.2 Å². The Bertz CT molecular complexity index is 483. The van der Waals surface area contributed by atoms with E-state index in [0.29, 0.717) is 0 Å². The van der Waals surface area contributed by atoms with E-state index in [-0.39, 0.29) is 0 Å². The van der Waals surface area contributed by atoms with E-state index in [2.05, 4.69) is 44.7 Å². The summed E-state index contributed by atoms with van der Waals surface area (Å²) in [5.74, 6) is 0. The highest BCUT2D eigenvalue weighted by Gasteiger charge is 2.09. The molecule has 2 heterocycles. The van der Waals surface area contributed by atoms with Crippen molar-refractivity contribution in [3.05, 3.63) is 35.4 Å². The number of hydrogen-bond acceptors (Lipinski definition) is 4. The van der Waals surface area contributed by atoms with Crippen LogP contribution in [0.2, 0.25) is 0 Å². The van der Waals surface area contributed by atoms with Crippen molar-refractivity contribution in [3.8, 4) is 0 Å². The van der Waals surface area contributed by atoms with Crippen molar-refractivity contribution in [1.82, 2.24) is 20.4 Å². The van der Waals surface area contributed by atoms with Crippen LogP contribution in [0.1, 0.15) is 75.3 Å². The van der Waals surface area contributed by atoms with Crippen molar-refractivity contribution < 1.29 is 0 Å². The Morgan fingerprint density at radius 3 is 1.33 bits per heavy atom. The lowest BCUT2D eigenvalue weighted by Crippen LogP contribution is -2.31. The minimum absolute atomic E-state index is 0.994. The normalized spacial score (nSPS) is 18.7. The molecule has 0 spiro atoms. The van der Waals surface area contributed by atoms with Crippen molar-refractivity contribution in [2.24, 2.45) is 0 Å². The Labute approximate surface area is 185 Å². The summed E-state index contributed by atoms with van der Waals surface area (Å²) in [6.45, 7) is 12.1. The van der Waals surface area contributed by atoms with Gasteiger partial charge in [-0.2, -0.15) is 0 Å². The molecule has 2 N–H and O–H groups in total. The number of rotatable bonds is 14. The van der Waals surface area contributed by atoms with Gasteiger partial charge in [0.05, 0.1) is 0 Å². The average Bonchev–Trinajstić information content (AvgIpc) is 2.81. The third-order valence-electron chi connectivity index (χ3n) is 6.73. The number of benzene rings is 1. The molecule has 3 rings (SSSR count). The Morgan fingerprint density at radius 1 is 0.533 bits per heavy atom. The van der Waals surface area contributed by atoms with Gasteiger partial charge in [0.1, 0.15) is 0 Å². The lowest BCUT2D eigenvalue weighted by atomic mass is 10.1. The second-order valence-corrected chi connectivity index (χ2v) is 9.39. The molecule has 2 aliphatic rings. The molecule has 4 heteroatoms. The van der Waals surface area contributed by atoms with Gasteiger partial charge in [-0.3, -0.25) is 0 Å². The number of nitrogens with one attached hydrogen (secondary N) is 2. The summed E-state index contributed by atoms with van der Waals surface area (Å²) >= 11 is 0. The predicted molar refractivity (Wildman–Crippen MR) is 129 cm³/mol. The standard InChI is InChI=1S/C26H46N4/c1-5-17-29(18-6-1)21-9-3-15-27-23-25-11-13-26(14-12-25)24-28-16-4-10-22-30-19-7-2-8-20-30/h11-14,27-28H,1-10,15-24H2. The van der Waals surface area contributed by atoms with Crippen molar-refractivity contribution >= 4 is 0 Å². The minimum atomic E-state index is 0.994. The number of hydrogen-bond donors (Lipinski definition) is 2. The molecule has 0 aromatic heterocycles. The summed E-state index contributed by atoms with van der Waals surface area (Å²) in [5, 5.41) is 7.23. The molecule has 4 nitrogen and oxygen atoms in total. The van der Waals surface area contributed by atoms with Crippen molar-refractivity contribution in [3.63, 3.8) is 0 Å². The van der Waals surface area contributed by atoms with E-state index >= 15 is 0 Å². The molecule has 0 amide bonds. The van der Waals surface area contributed by atoms with E-state index in [1.54, 1.807) is 0 Å². The van der Waals surface area contributed by atoms with Gasteiger partial charge < -0.3 is 20.4 Å². The van der Waals surface area contributed by atoms with Gasteiger partial charge in [0, 0.05) is 13.1 Å². The topological polar surface area (TPSA) is 30.5 Å². The summed E-state index contributed by atoms with van der Waals surface area (Å²) < 4.78 is 0. The molecule has 0 radical (unpaired) electrons. The Kier molecular flexibility index (Phi) is 11.8. The van der Waals surface area contributed by atoms with Gasteiger partial charge in [0.15, 0.2) is 0 Å². The zero-order valence-corrected chi connectivity index (χ0v) is 19.3. The van der Waals surface area contributed by atoms with Gasteiger partial charge in [-0.05, 0) is 115 Å². The van der Waals surface area contributed by atoms with Crippen LogP contribution in [0.25, 0.3) is 0 Å². The summed E-state index contributed by atoms with van der Waals surface area (Å²) in [7, 11) is 0. The van der Waals surface area contributed by atoms with Crippen molar-refractivity contribution in [1.29, 1.82) is 0 Å². The maximum absolute atomic E-state index is 3.61. The maximum Gasteiger partial charge on any atom is 0.0205 e. The zero-order valence-electron chi connectivity index (χ0n) is 19.3. The Hall–Kier alpha value is -0.940. The van der Waals surface area contributed by atoms with Gasteiger partial charge >= 0.3 is 0 Å². The molecular formula is C26H46N4. The van der Waals surface area contributed by atoms with E-state index < -0.39 is 0 Å². The summed E-state index contributed by atoms with van der Waals surface area (Å²) in [6.07, 6.45) is 13.7. The first-order valence-corrected chi connectivity index (χ1v) is 12.8. The highest BCUT2D eigenvalue weighted by atomic mass is 15.1. The molecule has 1 aromatic rings. The maximum atomic E-state index is 3.61. The smallest absolute Gasteiger partial charge is 0.0205 e. The van der Waals surface area contributed by atoms with Crippen LogP contribution in [0.3, 0.4) is 0 Å². The van der Waals surface area contributed by atoms with E-state index in [4.69, 9.17) is 0 Å². The minimum Gasteiger partial charge on any atom is -0.313 e. The van der Waals surface area contributed by atoms with Crippen LogP contribution in [-0.2, 0) is 13.1 Å². The second-order valence-electron chi connectivity index (χ2n) is 9.39. The fourth-order valence-electron chi connectivity index (χ4n) is 4.78. The van der Waals surface area contributed by atoms with Crippen LogP contribution in [0, 0.1) is 0 Å². The first kappa shape index (κ1) is 23.7. The lowest BCUT2D eigenvalue weighted by Gasteiger charge is -2.26. The summed E-state index contributed by atoms with van der Waals surface area (Å²) in [5.41, 5.74) is 2.80. The van der Waals surface area contributed by atoms with E-state index in [1.165, 1.54) is 115 Å². The molecule has 0 bridgehead atoms. The van der Waals surface area contributed by atoms with E-state index in [1.807, 2.05) is 0 Å². The quantitative estimate of drug-likeness (QED) is 0.442. The van der Waals surface area contributed by atoms with Gasteiger partial charge in [0.25, 0.3) is 0 Å². The van der Waals surface area contributed by atoms with E-state index in [0.717, 1.165) is 26.2 Å². The highest BCUT2D eigenvalue weighted by Crippen LogP contribution is 2.10. The lowest BCUT2D eigenvalue weighted by molar-refractivity contribution is 0.224.